The lowest BCUT2D eigenvalue weighted by molar-refractivity contribution is -0.126. The van der Waals surface area contributed by atoms with Gasteiger partial charge in [0, 0.05) is 30.7 Å². The summed E-state index contributed by atoms with van der Waals surface area (Å²) in [6.45, 7) is 5.40. The first-order valence-corrected chi connectivity index (χ1v) is 9.96. The van der Waals surface area contributed by atoms with Gasteiger partial charge in [0.25, 0.3) is 0 Å². The fraction of sp³-hybridized carbons (Fsp3) is 0.619. The van der Waals surface area contributed by atoms with Crippen LogP contribution in [0.25, 0.3) is 0 Å². The van der Waals surface area contributed by atoms with Crippen molar-refractivity contribution in [3.63, 3.8) is 0 Å². The van der Waals surface area contributed by atoms with Crippen LogP contribution in [-0.4, -0.2) is 36.0 Å². The summed E-state index contributed by atoms with van der Waals surface area (Å²) in [4.78, 5) is 26.8. The number of carbonyl (C=O) groups is 2. The Labute approximate surface area is 156 Å². The summed E-state index contributed by atoms with van der Waals surface area (Å²) >= 11 is 0. The highest BCUT2D eigenvalue weighted by atomic mass is 16.2. The molecule has 0 unspecified atom stereocenters. The maximum Gasteiger partial charge on any atom is 0.321 e. The molecule has 26 heavy (non-hydrogen) atoms. The van der Waals surface area contributed by atoms with Gasteiger partial charge in [0.2, 0.25) is 5.91 Å². The average molecular weight is 357 g/mol. The highest BCUT2D eigenvalue weighted by Crippen LogP contribution is 2.24. The lowest BCUT2D eigenvalue weighted by Crippen LogP contribution is -2.49. The van der Waals surface area contributed by atoms with Crippen molar-refractivity contribution >= 4 is 17.6 Å². The number of nitrogens with one attached hydrogen (secondary N) is 2. The zero-order valence-electron chi connectivity index (χ0n) is 16.0. The van der Waals surface area contributed by atoms with Crippen molar-refractivity contribution in [2.75, 3.05) is 18.4 Å². The van der Waals surface area contributed by atoms with Gasteiger partial charge in [0.1, 0.15) is 0 Å². The predicted molar refractivity (Wildman–Crippen MR) is 104 cm³/mol. The molecule has 5 nitrogen and oxygen atoms in total. The molecule has 0 radical (unpaired) electrons. The van der Waals surface area contributed by atoms with Crippen molar-refractivity contribution < 1.29 is 9.59 Å². The van der Waals surface area contributed by atoms with Gasteiger partial charge in [0.15, 0.2) is 0 Å². The van der Waals surface area contributed by atoms with E-state index in [1.807, 2.05) is 36.9 Å². The smallest absolute Gasteiger partial charge is 0.321 e. The van der Waals surface area contributed by atoms with Gasteiger partial charge in [-0.15, -0.1) is 0 Å². The van der Waals surface area contributed by atoms with Gasteiger partial charge in [-0.25, -0.2) is 4.79 Å². The summed E-state index contributed by atoms with van der Waals surface area (Å²) in [5.41, 5.74) is 3.08. The number of benzene rings is 1. The molecular formula is C21H31N3O2. The largest absolute Gasteiger partial charge is 0.353 e. The van der Waals surface area contributed by atoms with Crippen molar-refractivity contribution in [2.45, 2.75) is 64.8 Å². The van der Waals surface area contributed by atoms with Crippen molar-refractivity contribution in [3.8, 4) is 0 Å². The third-order valence-corrected chi connectivity index (χ3v) is 5.74. The van der Waals surface area contributed by atoms with Crippen LogP contribution < -0.4 is 10.6 Å². The predicted octanol–water partition coefficient (Wildman–Crippen LogP) is 4.00. The summed E-state index contributed by atoms with van der Waals surface area (Å²) in [7, 11) is 0. The Morgan fingerprint density at radius 2 is 1.69 bits per heavy atom. The van der Waals surface area contributed by atoms with Crippen LogP contribution in [0.5, 0.6) is 0 Å². The molecule has 1 heterocycles. The van der Waals surface area contributed by atoms with Crippen LogP contribution in [-0.2, 0) is 4.79 Å². The van der Waals surface area contributed by atoms with E-state index in [2.05, 4.69) is 10.6 Å². The van der Waals surface area contributed by atoms with E-state index < -0.39 is 0 Å². The standard InChI is InChI=1S/C21H31N3O2/c1-15-8-9-16(2)19(14-15)23-21(26)24-12-10-18(11-13-24)22-20(25)17-6-4-3-5-7-17/h8-9,14,17-18H,3-7,10-13H2,1-2H3,(H,22,25)(H,23,26). The van der Waals surface area contributed by atoms with Crippen LogP contribution >= 0.6 is 0 Å². The molecule has 0 bridgehead atoms. The zero-order valence-corrected chi connectivity index (χ0v) is 16.0. The molecule has 3 amide bonds. The normalized spacial score (nSPS) is 19.2. The topological polar surface area (TPSA) is 61.4 Å². The maximum atomic E-state index is 12.5. The molecule has 1 aliphatic carbocycles. The minimum Gasteiger partial charge on any atom is -0.353 e. The van der Waals surface area contributed by atoms with E-state index in [0.717, 1.165) is 42.5 Å². The summed E-state index contributed by atoms with van der Waals surface area (Å²) in [5, 5.41) is 6.24. The number of hydrogen-bond donors (Lipinski definition) is 2. The summed E-state index contributed by atoms with van der Waals surface area (Å²) in [6.07, 6.45) is 7.34. The van der Waals surface area contributed by atoms with Crippen LogP contribution in [0.4, 0.5) is 10.5 Å². The van der Waals surface area contributed by atoms with E-state index in [-0.39, 0.29) is 23.9 Å². The lowest BCUT2D eigenvalue weighted by Gasteiger charge is -2.33. The van der Waals surface area contributed by atoms with Crippen molar-refractivity contribution in [2.24, 2.45) is 5.92 Å². The molecule has 1 aromatic carbocycles. The Balaban J connectivity index is 1.46. The van der Waals surface area contributed by atoms with E-state index >= 15 is 0 Å². The van der Waals surface area contributed by atoms with E-state index in [4.69, 9.17) is 0 Å². The van der Waals surface area contributed by atoms with Gasteiger partial charge in [-0.1, -0.05) is 31.4 Å². The molecule has 0 aromatic heterocycles. The van der Waals surface area contributed by atoms with Crippen LogP contribution in [0, 0.1) is 19.8 Å². The number of likely N-dealkylation sites (tertiary alicyclic amines) is 1. The quantitative estimate of drug-likeness (QED) is 0.859. The number of nitrogens with zero attached hydrogens (tertiary/aromatic N) is 1. The summed E-state index contributed by atoms with van der Waals surface area (Å²) < 4.78 is 0. The first-order valence-electron chi connectivity index (χ1n) is 9.96. The molecule has 1 aliphatic heterocycles. The third kappa shape index (κ3) is 4.77. The number of anilines is 1. The Morgan fingerprint density at radius 1 is 1.00 bits per heavy atom. The highest BCUT2D eigenvalue weighted by Gasteiger charge is 2.27. The van der Waals surface area contributed by atoms with Crippen LogP contribution in [0.15, 0.2) is 18.2 Å². The Morgan fingerprint density at radius 3 is 2.38 bits per heavy atom. The Hall–Kier alpha value is -2.04. The second-order valence-electron chi connectivity index (χ2n) is 7.85. The fourth-order valence-corrected chi connectivity index (χ4v) is 3.98. The van der Waals surface area contributed by atoms with Crippen LogP contribution in [0.2, 0.25) is 0 Å². The van der Waals surface area contributed by atoms with Crippen LogP contribution in [0.1, 0.15) is 56.1 Å². The molecule has 0 atom stereocenters. The Bertz CT molecular complexity index is 645. The average Bonchev–Trinajstić information content (AvgIpc) is 2.66. The number of piperidine rings is 1. The third-order valence-electron chi connectivity index (χ3n) is 5.74. The zero-order chi connectivity index (χ0) is 18.5. The fourth-order valence-electron chi connectivity index (χ4n) is 3.98. The SMILES string of the molecule is Cc1ccc(C)c(NC(=O)N2CCC(NC(=O)C3CCCCC3)CC2)c1. The van der Waals surface area contributed by atoms with Crippen molar-refractivity contribution in [1.82, 2.24) is 10.2 Å². The second kappa shape index (κ2) is 8.56. The van der Waals surface area contributed by atoms with Gasteiger partial charge in [-0.05, 0) is 56.7 Å². The summed E-state index contributed by atoms with van der Waals surface area (Å²) in [6, 6.07) is 6.23. The molecule has 2 aliphatic rings. The van der Waals surface area contributed by atoms with Gasteiger partial charge < -0.3 is 15.5 Å². The van der Waals surface area contributed by atoms with Gasteiger partial charge >= 0.3 is 6.03 Å². The molecular weight excluding hydrogens is 326 g/mol. The van der Waals surface area contributed by atoms with Crippen molar-refractivity contribution in [3.05, 3.63) is 29.3 Å². The van der Waals surface area contributed by atoms with E-state index in [9.17, 15) is 9.59 Å². The minimum atomic E-state index is -0.0456. The number of amides is 3. The van der Waals surface area contributed by atoms with E-state index in [1.54, 1.807) is 0 Å². The molecule has 0 spiro atoms. The molecule has 142 valence electrons. The van der Waals surface area contributed by atoms with Crippen molar-refractivity contribution in [1.29, 1.82) is 0 Å². The lowest BCUT2D eigenvalue weighted by atomic mass is 9.88. The molecule has 1 saturated heterocycles. The van der Waals surface area contributed by atoms with Gasteiger partial charge in [-0.3, -0.25) is 4.79 Å². The minimum absolute atomic E-state index is 0.0456. The van der Waals surface area contributed by atoms with Gasteiger partial charge in [0.05, 0.1) is 0 Å². The first kappa shape index (κ1) is 18.7. The summed E-state index contributed by atoms with van der Waals surface area (Å²) in [5.74, 6) is 0.428. The number of hydrogen-bond acceptors (Lipinski definition) is 2. The first-order chi connectivity index (χ1) is 12.5. The number of carbonyl (C=O) groups excluding carboxylic acids is 2. The molecule has 3 rings (SSSR count). The van der Waals surface area contributed by atoms with Gasteiger partial charge in [-0.2, -0.15) is 0 Å². The van der Waals surface area contributed by atoms with E-state index in [1.165, 1.54) is 19.3 Å². The number of aryl methyl sites for hydroxylation is 2. The van der Waals surface area contributed by atoms with Crippen LogP contribution in [0.3, 0.4) is 0 Å². The number of urea groups is 1. The monoisotopic (exact) mass is 357 g/mol. The molecule has 2 N–H and O–H groups in total. The Kier molecular flexibility index (Phi) is 6.17. The maximum absolute atomic E-state index is 12.5. The molecule has 5 heteroatoms. The molecule has 2 fully saturated rings. The second-order valence-corrected chi connectivity index (χ2v) is 7.85. The number of rotatable bonds is 3. The van der Waals surface area contributed by atoms with E-state index in [0.29, 0.717) is 13.1 Å². The molecule has 1 aromatic rings. The molecule has 1 saturated carbocycles. The highest BCUT2D eigenvalue weighted by molar-refractivity contribution is 5.90.